The molecule has 368 valence electrons. The SMILES string of the molecule is CCO[Si](CCCSSSSC(SSSSCCC[Si](OCC)(OCC)OCC)(SSSSCCC[Si](OCC)(OCC)OCC)C(CC)CCCC(C)C)(OCC)OCC. The summed E-state index contributed by atoms with van der Waals surface area (Å²) in [5, 5.41) is 0. The van der Waals surface area contributed by atoms with Gasteiger partial charge in [-0.05, 0) is 159 Å². The minimum atomic E-state index is -2.62. The van der Waals surface area contributed by atoms with Crippen molar-refractivity contribution in [2.45, 2.75) is 150 Å². The lowest BCUT2D eigenvalue weighted by atomic mass is 9.97. The zero-order valence-corrected chi connectivity index (χ0v) is 52.1. The predicted molar refractivity (Wildman–Crippen MR) is 301 cm³/mol. The van der Waals surface area contributed by atoms with E-state index in [-0.39, 0.29) is 3.41 Å². The second-order valence-corrected chi connectivity index (χ2v) is 41.0. The van der Waals surface area contributed by atoms with Crippen LogP contribution in [-0.4, -0.2) is 107 Å². The van der Waals surface area contributed by atoms with Crippen LogP contribution in [-0.2, 0) is 39.8 Å². The van der Waals surface area contributed by atoms with Crippen molar-refractivity contribution in [1.29, 1.82) is 0 Å². The van der Waals surface area contributed by atoms with Crippen molar-refractivity contribution in [2.24, 2.45) is 11.8 Å². The van der Waals surface area contributed by atoms with Gasteiger partial charge in [-0.25, -0.2) is 0 Å². The Labute approximate surface area is 423 Å². The maximum atomic E-state index is 6.12. The highest BCUT2D eigenvalue weighted by Gasteiger charge is 2.44. The Morgan fingerprint density at radius 3 is 0.885 bits per heavy atom. The van der Waals surface area contributed by atoms with Crippen LogP contribution in [0.5, 0.6) is 0 Å². The van der Waals surface area contributed by atoms with Crippen molar-refractivity contribution in [2.75, 3.05) is 76.7 Å². The lowest BCUT2D eigenvalue weighted by Gasteiger charge is -2.36. The average molecular weight is 1140 g/mol. The van der Waals surface area contributed by atoms with E-state index in [0.29, 0.717) is 71.3 Å². The van der Waals surface area contributed by atoms with Gasteiger partial charge in [0.2, 0.25) is 0 Å². The Morgan fingerprint density at radius 2 is 0.656 bits per heavy atom. The molecule has 0 aromatic heterocycles. The highest BCUT2D eigenvalue weighted by atomic mass is 33.7. The summed E-state index contributed by atoms with van der Waals surface area (Å²) in [4.78, 5) is 0. The molecule has 0 aliphatic heterocycles. The third-order valence-electron chi connectivity index (χ3n) is 8.42. The first kappa shape index (κ1) is 65.5. The fraction of sp³-hybridized carbons (Fsp3) is 1.00. The van der Waals surface area contributed by atoms with Crippen LogP contribution in [0.4, 0.5) is 0 Å². The highest BCUT2D eigenvalue weighted by Crippen LogP contribution is 2.70. The Balaban J connectivity index is 5.86. The van der Waals surface area contributed by atoms with Gasteiger partial charge in [0.1, 0.15) is 3.41 Å². The molecular weight excluding hydrogens is 1060 g/mol. The highest BCUT2D eigenvalue weighted by molar-refractivity contribution is 9.32. The summed E-state index contributed by atoms with van der Waals surface area (Å²) in [5.74, 6) is 4.36. The van der Waals surface area contributed by atoms with Crippen molar-refractivity contribution < 1.29 is 39.8 Å². The zero-order chi connectivity index (χ0) is 45.6. The van der Waals surface area contributed by atoms with Gasteiger partial charge in [-0.1, -0.05) is 105 Å². The molecule has 0 heterocycles. The van der Waals surface area contributed by atoms with E-state index in [0.717, 1.165) is 61.1 Å². The average Bonchev–Trinajstić information content (AvgIpc) is 3.22. The second kappa shape index (κ2) is 43.3. The molecule has 0 amide bonds. The predicted octanol–water partition coefficient (Wildman–Crippen LogP) is 16.8. The Hall–Kier alpha value is 4.49. The van der Waals surface area contributed by atoms with Gasteiger partial charge in [-0.15, -0.1) is 0 Å². The minimum absolute atomic E-state index is 0.0384. The second-order valence-electron chi connectivity index (χ2n) is 13.4. The van der Waals surface area contributed by atoms with Gasteiger partial charge in [0, 0.05) is 94.9 Å². The molecule has 61 heavy (non-hydrogen) atoms. The van der Waals surface area contributed by atoms with Gasteiger partial charge in [-0.3, -0.25) is 0 Å². The van der Waals surface area contributed by atoms with E-state index in [1.165, 1.54) is 19.3 Å². The molecule has 0 rings (SSSR count). The van der Waals surface area contributed by atoms with Crippen molar-refractivity contribution >= 4 is 150 Å². The summed E-state index contributed by atoms with van der Waals surface area (Å²) < 4.78 is 55.0. The third kappa shape index (κ3) is 30.8. The Morgan fingerprint density at radius 1 is 0.377 bits per heavy atom. The molecule has 0 saturated carbocycles. The first-order valence-electron chi connectivity index (χ1n) is 22.2. The standard InChI is InChI=1S/C37H82O9S12Si3/c1-13-36(28-23-27-35(11)12)37(50-56-53-47-29-24-32-59(38-14-2,39-15-3)40-16-4,51-57-54-48-30-25-33-60(41-17-5,42-18-6)43-19-7)52-58-55-49-31-26-34-61(44-20-8,45-21-9)46-22-10/h35-36H,13-34H2,1-12H3. The lowest BCUT2D eigenvalue weighted by Crippen LogP contribution is -2.46. The summed E-state index contributed by atoms with van der Waals surface area (Å²) in [6.45, 7) is 30.9. The van der Waals surface area contributed by atoms with E-state index < -0.39 is 26.4 Å². The van der Waals surface area contributed by atoms with Crippen LogP contribution in [0, 0.1) is 11.8 Å². The van der Waals surface area contributed by atoms with E-state index >= 15 is 0 Å². The van der Waals surface area contributed by atoms with Crippen molar-refractivity contribution in [3.8, 4) is 0 Å². The van der Waals surface area contributed by atoms with Crippen LogP contribution in [0.25, 0.3) is 0 Å². The van der Waals surface area contributed by atoms with Crippen LogP contribution in [0.3, 0.4) is 0 Å². The molecule has 24 heteroatoms. The molecule has 0 fully saturated rings. The normalized spacial score (nSPS) is 13.5. The van der Waals surface area contributed by atoms with Crippen LogP contribution in [0.2, 0.25) is 18.1 Å². The fourth-order valence-electron chi connectivity index (χ4n) is 6.04. The first-order chi connectivity index (χ1) is 29.5. The lowest BCUT2D eigenvalue weighted by molar-refractivity contribution is 0.0704. The summed E-state index contributed by atoms with van der Waals surface area (Å²) in [7, 11) is 15.7. The molecule has 0 aromatic rings. The van der Waals surface area contributed by atoms with Crippen LogP contribution < -0.4 is 0 Å². The Kier molecular flexibility index (Phi) is 46.5. The summed E-state index contributed by atoms with van der Waals surface area (Å²) in [6, 6.07) is 2.56. The zero-order valence-electron chi connectivity index (χ0n) is 39.3. The number of hydrogen-bond acceptors (Lipinski definition) is 21. The van der Waals surface area contributed by atoms with Crippen LogP contribution >= 0.6 is 124 Å². The monoisotopic (exact) mass is 1140 g/mol. The topological polar surface area (TPSA) is 83.1 Å². The maximum Gasteiger partial charge on any atom is 0.500 e. The molecule has 0 saturated heterocycles. The minimum Gasteiger partial charge on any atom is -0.374 e. The van der Waals surface area contributed by atoms with Gasteiger partial charge in [0.25, 0.3) is 0 Å². The molecule has 0 aliphatic carbocycles. The molecule has 1 unspecified atom stereocenters. The quantitative estimate of drug-likeness (QED) is 0.0251. The molecule has 0 bridgehead atoms. The molecule has 9 nitrogen and oxygen atoms in total. The summed E-state index contributed by atoms with van der Waals surface area (Å²) in [6.07, 6.45) is 7.93. The number of rotatable bonds is 48. The van der Waals surface area contributed by atoms with Crippen molar-refractivity contribution in [3.63, 3.8) is 0 Å². The molecule has 1 atom stereocenters. The van der Waals surface area contributed by atoms with Crippen LogP contribution in [0.15, 0.2) is 0 Å². The van der Waals surface area contributed by atoms with E-state index in [1.807, 2.05) is 154 Å². The van der Waals surface area contributed by atoms with E-state index in [4.69, 9.17) is 39.8 Å². The summed E-state index contributed by atoms with van der Waals surface area (Å²) >= 11 is 0. The van der Waals surface area contributed by atoms with E-state index in [9.17, 15) is 0 Å². The molecule has 0 aromatic carbocycles. The van der Waals surface area contributed by atoms with Gasteiger partial charge < -0.3 is 39.8 Å². The molecule has 0 N–H and O–H groups in total. The van der Waals surface area contributed by atoms with Gasteiger partial charge in [0.15, 0.2) is 0 Å². The van der Waals surface area contributed by atoms with Gasteiger partial charge in [-0.2, -0.15) is 0 Å². The van der Waals surface area contributed by atoms with E-state index in [1.54, 1.807) is 0 Å². The first-order valence-corrected chi connectivity index (χ1v) is 43.0. The maximum absolute atomic E-state index is 6.12. The molecular formula is C37H82O9S12Si3. The van der Waals surface area contributed by atoms with Gasteiger partial charge in [0.05, 0.1) is 0 Å². The fourth-order valence-corrected chi connectivity index (χ4v) is 41.2. The molecule has 0 radical (unpaired) electrons. The van der Waals surface area contributed by atoms with E-state index in [2.05, 4.69) is 53.2 Å². The van der Waals surface area contributed by atoms with Gasteiger partial charge >= 0.3 is 26.4 Å². The molecule has 0 aliphatic rings. The number of hydrogen-bond donors (Lipinski definition) is 0. The van der Waals surface area contributed by atoms with Crippen molar-refractivity contribution in [1.82, 2.24) is 0 Å². The smallest absolute Gasteiger partial charge is 0.374 e. The van der Waals surface area contributed by atoms with Crippen LogP contribution in [0.1, 0.15) is 128 Å². The Bertz CT molecular complexity index is 838. The summed E-state index contributed by atoms with van der Waals surface area (Å²) in [5.41, 5.74) is 0. The third-order valence-corrected chi connectivity index (χ3v) is 41.3. The van der Waals surface area contributed by atoms with Crippen molar-refractivity contribution in [3.05, 3.63) is 0 Å². The largest absolute Gasteiger partial charge is 0.500 e. The molecule has 0 spiro atoms.